The standard InChI is InChI=1S/C26H30N6O2.CH4/c1-15-24(34-14-16-3-2-4-19(11-16)26(29)30)22(23(33)17-5-6-17)20(12-31-15)13-32-21-9-7-18(8-10-21)25(27)28;/h2-4,7-12,17,23,32-33H,5-6,13-14H2,1H3,(H3,27,28)(H3,29,30);1H4. The summed E-state index contributed by atoms with van der Waals surface area (Å²) in [5.74, 6) is 0.853. The number of anilines is 1. The Labute approximate surface area is 206 Å². The maximum atomic E-state index is 11.1. The summed E-state index contributed by atoms with van der Waals surface area (Å²) in [5.41, 5.74) is 16.6. The van der Waals surface area contributed by atoms with E-state index in [-0.39, 0.29) is 31.6 Å². The van der Waals surface area contributed by atoms with Crippen LogP contribution in [0, 0.1) is 23.7 Å². The Hall–Kier alpha value is -3.91. The zero-order valence-electron chi connectivity index (χ0n) is 19.1. The number of nitrogens with zero attached hydrogens (tertiary/aromatic N) is 1. The third-order valence-electron chi connectivity index (χ3n) is 6.00. The summed E-state index contributed by atoms with van der Waals surface area (Å²) in [4.78, 5) is 4.53. The number of pyridine rings is 1. The van der Waals surface area contributed by atoms with Gasteiger partial charge in [-0.25, -0.2) is 0 Å². The van der Waals surface area contributed by atoms with E-state index < -0.39 is 6.10 Å². The van der Waals surface area contributed by atoms with E-state index in [0.717, 1.165) is 35.2 Å². The van der Waals surface area contributed by atoms with Crippen molar-refractivity contribution in [2.75, 3.05) is 5.32 Å². The fraction of sp³-hybridized carbons (Fsp3) is 0.296. The molecular weight excluding hydrogens is 440 g/mol. The van der Waals surface area contributed by atoms with Crippen LogP contribution in [-0.2, 0) is 13.2 Å². The quantitative estimate of drug-likeness (QED) is 0.191. The number of aliphatic hydroxyl groups is 1. The first-order valence-electron chi connectivity index (χ1n) is 11.2. The number of nitrogens with one attached hydrogen (secondary N) is 3. The lowest BCUT2D eigenvalue weighted by atomic mass is 9.98. The number of aliphatic hydroxyl groups excluding tert-OH is 1. The molecule has 0 spiro atoms. The van der Waals surface area contributed by atoms with Crippen LogP contribution in [-0.4, -0.2) is 21.8 Å². The van der Waals surface area contributed by atoms with Crippen LogP contribution in [0.15, 0.2) is 54.7 Å². The summed E-state index contributed by atoms with van der Waals surface area (Å²) in [6, 6.07) is 14.7. The van der Waals surface area contributed by atoms with Crippen molar-refractivity contribution in [1.82, 2.24) is 4.98 Å². The van der Waals surface area contributed by atoms with Gasteiger partial charge in [-0.3, -0.25) is 15.8 Å². The van der Waals surface area contributed by atoms with Gasteiger partial charge in [-0.1, -0.05) is 25.6 Å². The zero-order valence-corrected chi connectivity index (χ0v) is 19.1. The molecule has 1 aliphatic carbocycles. The molecule has 0 bridgehead atoms. The van der Waals surface area contributed by atoms with Crippen molar-refractivity contribution >= 4 is 17.4 Å². The third kappa shape index (κ3) is 6.16. The second kappa shape index (κ2) is 11.0. The first kappa shape index (κ1) is 25.7. The predicted molar refractivity (Wildman–Crippen MR) is 140 cm³/mol. The summed E-state index contributed by atoms with van der Waals surface area (Å²) in [6.45, 7) is 2.61. The highest BCUT2D eigenvalue weighted by molar-refractivity contribution is 5.95. The van der Waals surface area contributed by atoms with E-state index in [9.17, 15) is 5.11 Å². The Morgan fingerprint density at radius 1 is 1.11 bits per heavy atom. The molecule has 2 aromatic carbocycles. The summed E-state index contributed by atoms with van der Waals surface area (Å²) in [5, 5.41) is 29.7. The van der Waals surface area contributed by atoms with Crippen LogP contribution in [0.3, 0.4) is 0 Å². The van der Waals surface area contributed by atoms with Gasteiger partial charge in [-0.05, 0) is 67.1 Å². The van der Waals surface area contributed by atoms with Gasteiger partial charge in [-0.2, -0.15) is 0 Å². The molecular formula is C27H34N6O2. The Kier molecular flexibility index (Phi) is 8.09. The molecule has 1 atom stereocenters. The second-order valence-corrected chi connectivity index (χ2v) is 8.64. The highest BCUT2D eigenvalue weighted by Gasteiger charge is 2.35. The van der Waals surface area contributed by atoms with Crippen LogP contribution in [0.4, 0.5) is 5.69 Å². The molecule has 1 aliphatic rings. The van der Waals surface area contributed by atoms with Crippen molar-refractivity contribution in [1.29, 1.82) is 10.8 Å². The topological polar surface area (TPSA) is 154 Å². The summed E-state index contributed by atoms with van der Waals surface area (Å²) in [7, 11) is 0. The molecule has 1 fully saturated rings. The van der Waals surface area contributed by atoms with Crippen LogP contribution < -0.4 is 21.5 Å². The monoisotopic (exact) mass is 474 g/mol. The minimum Gasteiger partial charge on any atom is -0.487 e. The van der Waals surface area contributed by atoms with E-state index >= 15 is 0 Å². The highest BCUT2D eigenvalue weighted by Crippen LogP contribution is 2.45. The molecule has 35 heavy (non-hydrogen) atoms. The number of amidine groups is 2. The molecule has 1 aromatic heterocycles. The average molecular weight is 475 g/mol. The molecule has 8 N–H and O–H groups in total. The average Bonchev–Trinajstić information content (AvgIpc) is 3.68. The Morgan fingerprint density at radius 2 is 1.80 bits per heavy atom. The number of aromatic nitrogens is 1. The fourth-order valence-electron chi connectivity index (χ4n) is 3.89. The predicted octanol–water partition coefficient (Wildman–Crippen LogP) is 4.23. The molecule has 8 nitrogen and oxygen atoms in total. The maximum Gasteiger partial charge on any atom is 0.147 e. The molecule has 4 rings (SSSR count). The Balaban J connectivity index is 0.00000342. The third-order valence-corrected chi connectivity index (χ3v) is 6.00. The van der Waals surface area contributed by atoms with E-state index in [2.05, 4.69) is 10.3 Å². The van der Waals surface area contributed by atoms with Gasteiger partial charge in [0.1, 0.15) is 24.0 Å². The maximum absolute atomic E-state index is 11.1. The zero-order chi connectivity index (χ0) is 24.2. The molecule has 184 valence electrons. The van der Waals surface area contributed by atoms with Gasteiger partial charge in [0.25, 0.3) is 0 Å². The number of rotatable bonds is 10. The normalized spacial score (nSPS) is 13.4. The van der Waals surface area contributed by atoms with Gasteiger partial charge in [-0.15, -0.1) is 0 Å². The van der Waals surface area contributed by atoms with E-state index in [1.54, 1.807) is 24.4 Å². The van der Waals surface area contributed by atoms with Crippen LogP contribution in [0.1, 0.15) is 59.9 Å². The highest BCUT2D eigenvalue weighted by atomic mass is 16.5. The molecule has 0 radical (unpaired) electrons. The van der Waals surface area contributed by atoms with Crippen LogP contribution in [0.5, 0.6) is 5.75 Å². The molecule has 0 aliphatic heterocycles. The van der Waals surface area contributed by atoms with Gasteiger partial charge in [0, 0.05) is 35.1 Å². The number of nitrogens with two attached hydrogens (primary N) is 2. The van der Waals surface area contributed by atoms with Crippen molar-refractivity contribution < 1.29 is 9.84 Å². The smallest absolute Gasteiger partial charge is 0.147 e. The Bertz CT molecular complexity index is 1200. The number of ether oxygens (including phenoxy) is 1. The molecule has 8 heteroatoms. The second-order valence-electron chi connectivity index (χ2n) is 8.64. The van der Waals surface area contributed by atoms with E-state index in [1.165, 1.54) is 0 Å². The van der Waals surface area contributed by atoms with Crippen LogP contribution in [0.2, 0.25) is 0 Å². The number of hydrogen-bond donors (Lipinski definition) is 6. The fourth-order valence-corrected chi connectivity index (χ4v) is 3.89. The van der Waals surface area contributed by atoms with Gasteiger partial charge < -0.3 is 26.6 Å². The molecule has 1 heterocycles. The van der Waals surface area contributed by atoms with Crippen molar-refractivity contribution in [2.45, 2.75) is 46.4 Å². The molecule has 0 amide bonds. The number of benzene rings is 2. The minimum atomic E-state index is -0.628. The summed E-state index contributed by atoms with van der Waals surface area (Å²) >= 11 is 0. The van der Waals surface area contributed by atoms with Crippen LogP contribution >= 0.6 is 0 Å². The van der Waals surface area contributed by atoms with Gasteiger partial charge >= 0.3 is 0 Å². The lowest BCUT2D eigenvalue weighted by Gasteiger charge is -2.22. The molecule has 0 saturated heterocycles. The molecule has 1 unspecified atom stereocenters. The molecule has 1 saturated carbocycles. The van der Waals surface area contributed by atoms with Crippen molar-refractivity contribution in [3.05, 3.63) is 88.2 Å². The first-order chi connectivity index (χ1) is 16.3. The number of aryl methyl sites for hydroxylation is 1. The Morgan fingerprint density at radius 3 is 2.43 bits per heavy atom. The summed E-state index contributed by atoms with van der Waals surface area (Å²) < 4.78 is 6.22. The number of hydrogen-bond acceptors (Lipinski definition) is 6. The van der Waals surface area contributed by atoms with E-state index in [1.807, 2.05) is 37.3 Å². The minimum absolute atomic E-state index is 0. The number of nitrogen functional groups attached to an aromatic ring is 2. The van der Waals surface area contributed by atoms with Gasteiger partial charge in [0.15, 0.2) is 0 Å². The van der Waals surface area contributed by atoms with Gasteiger partial charge in [0.05, 0.1) is 11.8 Å². The van der Waals surface area contributed by atoms with E-state index in [4.69, 9.17) is 27.0 Å². The van der Waals surface area contributed by atoms with Crippen molar-refractivity contribution in [2.24, 2.45) is 17.4 Å². The van der Waals surface area contributed by atoms with Gasteiger partial charge in [0.2, 0.25) is 0 Å². The molecule has 3 aromatic rings. The van der Waals surface area contributed by atoms with E-state index in [0.29, 0.717) is 29.1 Å². The lowest BCUT2D eigenvalue weighted by molar-refractivity contribution is 0.146. The lowest BCUT2D eigenvalue weighted by Crippen LogP contribution is -2.14. The van der Waals surface area contributed by atoms with Crippen LogP contribution in [0.25, 0.3) is 0 Å². The first-order valence-corrected chi connectivity index (χ1v) is 11.2. The SMILES string of the molecule is C.Cc1ncc(CNc2ccc(C(=N)N)cc2)c(C(O)C2CC2)c1OCc1cccc(C(=N)N)c1. The summed E-state index contributed by atoms with van der Waals surface area (Å²) in [6.07, 6.45) is 3.14. The van der Waals surface area contributed by atoms with Crippen molar-refractivity contribution in [3.63, 3.8) is 0 Å². The van der Waals surface area contributed by atoms with Crippen molar-refractivity contribution in [3.8, 4) is 5.75 Å². The largest absolute Gasteiger partial charge is 0.487 e.